The third kappa shape index (κ3) is 40.1. The zero-order chi connectivity index (χ0) is 5.15. The Hall–Kier alpha value is -0.0157. The Labute approximate surface area is 79.5 Å². The minimum atomic E-state index is -1.44. The van der Waals surface area contributed by atoms with Crippen LogP contribution < -0.4 is 17.4 Å². The molecule has 0 aromatic heterocycles. The van der Waals surface area contributed by atoms with Crippen LogP contribution in [0.2, 0.25) is 0 Å². The molecule has 0 radical (unpaired) electrons. The van der Waals surface area contributed by atoms with E-state index in [9.17, 15) is 9.90 Å². The molecule has 0 amide bonds. The van der Waals surface area contributed by atoms with Crippen LogP contribution in [-0.4, -0.2) is 28.1 Å². The van der Waals surface area contributed by atoms with E-state index in [0.29, 0.717) is 0 Å². The van der Waals surface area contributed by atoms with Gasteiger partial charge in [0.25, 0.3) is 0 Å². The summed E-state index contributed by atoms with van der Waals surface area (Å²) in [5.74, 6) is -1.44. The quantitative estimate of drug-likeness (QED) is 0.415. The van der Waals surface area contributed by atoms with Crippen LogP contribution in [-0.2, 0) is 26.5 Å². The number of hydrogen-bond donors (Lipinski definition) is 3. The van der Waals surface area contributed by atoms with Gasteiger partial charge in [-0.05, 0) is 6.92 Å². The van der Waals surface area contributed by atoms with Gasteiger partial charge in [-0.3, -0.25) is 0 Å². The average molecular weight is 205 g/mol. The maximum atomic E-state index is 9.34. The van der Waals surface area contributed by atoms with Crippen molar-refractivity contribution in [1.29, 1.82) is 0 Å². The molecule has 0 aliphatic heterocycles. The summed E-state index contributed by atoms with van der Waals surface area (Å²) in [7, 11) is 0. The largest absolute Gasteiger partial charge is 4.00 e. The summed E-state index contributed by atoms with van der Waals surface area (Å²) in [4.78, 5) is 9.34. The topological polar surface area (TPSA) is 190 Å². The predicted octanol–water partition coefficient (Wildman–Crippen LogP) is -1.91. The molecule has 1 atom stereocenters. The molecule has 1 unspecified atom stereocenters. The van der Waals surface area contributed by atoms with Crippen LogP contribution in [0, 0.1) is 0 Å². The fourth-order valence-electron chi connectivity index (χ4n) is 0. The summed E-state index contributed by atoms with van der Waals surface area (Å²) in [5.41, 5.74) is 0. The number of aliphatic carboxylic acids is 1. The molecule has 0 aromatic carbocycles. The first kappa shape index (κ1) is 44.1. The normalized spacial score (nSPS) is 7.45. The fraction of sp³-hybridized carbons (Fsp3) is 0.667. The van der Waals surface area contributed by atoms with E-state index < -0.39 is 12.1 Å². The molecule has 0 saturated carbocycles. The molecule has 8 heteroatoms. The van der Waals surface area contributed by atoms with Crippen molar-refractivity contribution in [3.8, 4) is 0 Å². The van der Waals surface area contributed by atoms with Crippen LogP contribution in [0.4, 0.5) is 0 Å². The van der Waals surface area contributed by atoms with Gasteiger partial charge in [0.05, 0.1) is 12.1 Å². The number of rotatable bonds is 1. The van der Waals surface area contributed by atoms with E-state index >= 15 is 0 Å². The summed E-state index contributed by atoms with van der Waals surface area (Å²) < 4.78 is 0. The van der Waals surface area contributed by atoms with Gasteiger partial charge in [0.1, 0.15) is 0 Å². The second-order valence-corrected chi connectivity index (χ2v) is 0.995. The molecule has 0 rings (SSSR count). The Balaban J connectivity index is -0.0000000125. The van der Waals surface area contributed by atoms with Crippen LogP contribution >= 0.6 is 0 Å². The molecule has 9 N–H and O–H groups in total. The summed E-state index contributed by atoms with van der Waals surface area (Å²) >= 11 is 0. The molecule has 0 heterocycles. The van der Waals surface area contributed by atoms with Gasteiger partial charge < -0.3 is 38.3 Å². The van der Waals surface area contributed by atoms with Crippen LogP contribution in [0.3, 0.4) is 0 Å². The van der Waals surface area contributed by atoms with E-state index in [1.54, 1.807) is 0 Å². The number of aliphatic hydroxyl groups excluding tert-OH is 1. The molecular weight excluding hydrogens is 192 g/mol. The van der Waals surface area contributed by atoms with Crippen molar-refractivity contribution in [1.82, 2.24) is 12.3 Å². The molecule has 0 spiro atoms. The minimum Gasteiger partial charge on any atom is -0.870 e. The summed E-state index contributed by atoms with van der Waals surface area (Å²) in [6, 6.07) is 0. The molecule has 0 bridgehead atoms. The first-order valence-electron chi connectivity index (χ1n) is 1.53. The van der Waals surface area contributed by atoms with E-state index in [2.05, 4.69) is 0 Å². The van der Waals surface area contributed by atoms with Crippen molar-refractivity contribution in [2.45, 2.75) is 13.0 Å². The van der Waals surface area contributed by atoms with Crippen LogP contribution in [0.1, 0.15) is 6.92 Å². The standard InChI is InChI=1S/C3H6O3.2H3N.2H2O.Ti/c1-2(4)3(5)6;;;;;/h2,4H,1H3,(H,5,6);2*1H3;2*1H2;/q;;;;;+4/p-3. The van der Waals surface area contributed by atoms with Crippen molar-refractivity contribution in [2.24, 2.45) is 0 Å². The first-order valence-corrected chi connectivity index (χ1v) is 1.53. The first-order chi connectivity index (χ1) is 2.64. The van der Waals surface area contributed by atoms with Gasteiger partial charge in [-0.25, -0.2) is 0 Å². The second-order valence-electron chi connectivity index (χ2n) is 0.995. The number of carboxylic acids is 1. The molecule has 0 fully saturated rings. The average Bonchev–Trinajstić information content (AvgIpc) is 1.36. The van der Waals surface area contributed by atoms with Crippen molar-refractivity contribution in [2.75, 3.05) is 0 Å². The van der Waals surface area contributed by atoms with Crippen LogP contribution in [0.25, 0.3) is 0 Å². The molecule has 7 nitrogen and oxygen atoms in total. The van der Waals surface area contributed by atoms with Gasteiger partial charge in [-0.2, -0.15) is 0 Å². The molecule has 0 aliphatic rings. The van der Waals surface area contributed by atoms with Gasteiger partial charge in [0.15, 0.2) is 0 Å². The Bertz CT molecular complexity index is 70.7. The Kier molecular flexibility index (Phi) is 90.2. The number of carbonyl (C=O) groups is 1. The smallest absolute Gasteiger partial charge is 0.870 e. The molecule has 68 valence electrons. The van der Waals surface area contributed by atoms with E-state index in [1.165, 1.54) is 0 Å². The number of hydrogen-bond acceptors (Lipinski definition) is 7. The Morgan fingerprint density at radius 3 is 1.45 bits per heavy atom. The minimum absolute atomic E-state index is 0. The van der Waals surface area contributed by atoms with Crippen molar-refractivity contribution in [3.63, 3.8) is 0 Å². The van der Waals surface area contributed by atoms with Crippen LogP contribution in [0.5, 0.6) is 0 Å². The van der Waals surface area contributed by atoms with E-state index in [0.717, 1.165) is 6.92 Å². The predicted molar refractivity (Wildman–Crippen MR) is 30.6 cm³/mol. The monoisotopic (exact) mass is 205 g/mol. The SMILES string of the molecule is CC(O)C(=O)[O-].N.N.[OH-].[OH-].[Ti+4]. The Morgan fingerprint density at radius 1 is 1.36 bits per heavy atom. The van der Waals surface area contributed by atoms with E-state index in [4.69, 9.17) is 5.11 Å². The van der Waals surface area contributed by atoms with Gasteiger partial charge in [0.2, 0.25) is 0 Å². The number of aliphatic hydroxyl groups is 1. The summed E-state index contributed by atoms with van der Waals surface area (Å²) in [6.45, 7) is 1.13. The number of carbonyl (C=O) groups excluding carboxylic acids is 1. The summed E-state index contributed by atoms with van der Waals surface area (Å²) in [5, 5.41) is 17.3. The van der Waals surface area contributed by atoms with Crippen molar-refractivity contribution >= 4 is 5.97 Å². The Morgan fingerprint density at radius 2 is 1.45 bits per heavy atom. The molecular formula is C3H13N2O5Ti+. The third-order valence-electron chi connectivity index (χ3n) is 0.341. The molecule has 0 saturated heterocycles. The zero-order valence-electron chi connectivity index (χ0n) is 6.15. The van der Waals surface area contributed by atoms with Crippen LogP contribution in [0.15, 0.2) is 0 Å². The second kappa shape index (κ2) is 22.5. The van der Waals surface area contributed by atoms with Gasteiger partial charge in [-0.1, -0.05) is 0 Å². The van der Waals surface area contributed by atoms with Gasteiger partial charge >= 0.3 is 21.7 Å². The van der Waals surface area contributed by atoms with E-state index in [1.807, 2.05) is 0 Å². The summed E-state index contributed by atoms with van der Waals surface area (Å²) in [6.07, 6.45) is -1.34. The number of carboxylic acid groups (broad SMARTS) is 1. The zero-order valence-corrected chi connectivity index (χ0v) is 7.71. The fourth-order valence-corrected chi connectivity index (χ4v) is 0. The maximum Gasteiger partial charge on any atom is 4.00 e. The van der Waals surface area contributed by atoms with Crippen molar-refractivity contribution < 1.29 is 47.7 Å². The van der Waals surface area contributed by atoms with E-state index in [-0.39, 0.29) is 45.0 Å². The third-order valence-corrected chi connectivity index (χ3v) is 0.341. The maximum absolute atomic E-state index is 9.34. The van der Waals surface area contributed by atoms with Crippen molar-refractivity contribution in [3.05, 3.63) is 0 Å². The molecule has 0 aromatic rings. The van der Waals surface area contributed by atoms with Gasteiger partial charge in [0, 0.05) is 0 Å². The van der Waals surface area contributed by atoms with Gasteiger partial charge in [-0.15, -0.1) is 0 Å². The molecule has 0 aliphatic carbocycles. The molecule has 11 heavy (non-hydrogen) atoms.